The van der Waals surface area contributed by atoms with Crippen molar-refractivity contribution in [3.63, 3.8) is 0 Å². The minimum atomic E-state index is -0.860. The Balaban J connectivity index is 1.47. The number of nitrogens with two attached hydrogens (primary N) is 1. The third kappa shape index (κ3) is 5.33. The first-order valence-electron chi connectivity index (χ1n) is 11.0. The number of methoxy groups -OCH3 is 1. The number of fused-ring (bicyclic) bond motifs is 1. The number of aromatic nitrogens is 2. The van der Waals surface area contributed by atoms with Crippen LogP contribution in [0.2, 0.25) is 0 Å². The van der Waals surface area contributed by atoms with Crippen LogP contribution in [0.4, 0.5) is 10.3 Å². The Morgan fingerprint density at radius 3 is 2.77 bits per heavy atom. The Hall–Kier alpha value is -4.18. The molecular weight excluding hydrogens is 453 g/mol. The number of benzene rings is 2. The van der Waals surface area contributed by atoms with Gasteiger partial charge in [0, 0.05) is 26.9 Å². The van der Waals surface area contributed by atoms with E-state index in [2.05, 4.69) is 10.3 Å². The average molecular weight is 480 g/mol. The summed E-state index contributed by atoms with van der Waals surface area (Å²) in [6, 6.07) is 11.8. The molecule has 2 aromatic carbocycles. The van der Waals surface area contributed by atoms with Crippen LogP contribution in [-0.4, -0.2) is 53.3 Å². The summed E-state index contributed by atoms with van der Waals surface area (Å²) in [6.07, 6.45) is 3.95. The Labute approximate surface area is 201 Å². The molecule has 9 nitrogen and oxygen atoms in total. The van der Waals surface area contributed by atoms with E-state index in [1.165, 1.54) is 18.2 Å². The summed E-state index contributed by atoms with van der Waals surface area (Å²) in [5.41, 5.74) is 7.70. The molecule has 3 N–H and O–H groups in total. The predicted octanol–water partition coefficient (Wildman–Crippen LogP) is 2.58. The number of hydrogen-bond acceptors (Lipinski definition) is 6. The van der Waals surface area contributed by atoms with Crippen molar-refractivity contribution in [1.82, 2.24) is 14.5 Å². The van der Waals surface area contributed by atoms with Gasteiger partial charge in [-0.05, 0) is 42.0 Å². The lowest BCUT2D eigenvalue weighted by Gasteiger charge is -2.30. The van der Waals surface area contributed by atoms with Crippen molar-refractivity contribution in [3.8, 4) is 5.75 Å². The van der Waals surface area contributed by atoms with Crippen molar-refractivity contribution in [3.05, 3.63) is 77.8 Å². The number of halogens is 1. The summed E-state index contributed by atoms with van der Waals surface area (Å²) in [6.45, 7) is 0.967. The smallest absolute Gasteiger partial charge is 0.250 e. The fraction of sp³-hybridized carbons (Fsp3) is 0.240. The number of likely N-dealkylation sites (N-methyl/N-ethyl adjacent to an activating group) is 1. The summed E-state index contributed by atoms with van der Waals surface area (Å²) in [5.74, 6) is -1.32. The molecule has 1 aliphatic rings. The van der Waals surface area contributed by atoms with Crippen LogP contribution in [0.25, 0.3) is 11.0 Å². The molecule has 0 spiro atoms. The number of allylic oxidation sites excluding steroid dienone is 2. The minimum Gasteiger partial charge on any atom is -0.463 e. The van der Waals surface area contributed by atoms with E-state index < -0.39 is 18.0 Å². The van der Waals surface area contributed by atoms with Crippen molar-refractivity contribution in [2.24, 2.45) is 5.73 Å². The van der Waals surface area contributed by atoms with Gasteiger partial charge in [-0.25, -0.2) is 9.37 Å². The predicted molar refractivity (Wildman–Crippen MR) is 129 cm³/mol. The average Bonchev–Trinajstić information content (AvgIpc) is 3.16. The number of hydrogen-bond donors (Lipinski definition) is 2. The fourth-order valence-electron chi connectivity index (χ4n) is 3.82. The van der Waals surface area contributed by atoms with Gasteiger partial charge in [-0.2, -0.15) is 0 Å². The Kier molecular flexibility index (Phi) is 7.11. The van der Waals surface area contributed by atoms with Crippen molar-refractivity contribution in [1.29, 1.82) is 0 Å². The topological polar surface area (TPSA) is 112 Å². The van der Waals surface area contributed by atoms with Gasteiger partial charge in [0.2, 0.25) is 24.0 Å². The van der Waals surface area contributed by atoms with Crippen molar-refractivity contribution in [2.45, 2.75) is 19.2 Å². The van der Waals surface area contributed by atoms with Crippen molar-refractivity contribution < 1.29 is 23.5 Å². The molecule has 0 radical (unpaired) electrons. The summed E-state index contributed by atoms with van der Waals surface area (Å²) in [5, 5.41) is 2.81. The number of carbonyl (C=O) groups excluding carboxylic acids is 2. The number of rotatable bonds is 9. The molecular formula is C25H26FN5O4. The number of anilines is 1. The van der Waals surface area contributed by atoms with E-state index in [1.54, 1.807) is 37.4 Å². The number of imidazole rings is 1. The molecule has 1 aliphatic heterocycles. The Bertz CT molecular complexity index is 1320. The summed E-state index contributed by atoms with van der Waals surface area (Å²) >= 11 is 0. The molecule has 182 valence electrons. The standard InChI is InChI=1S/C25H26FN5O4/c1-30-11-5-6-17(23(27)33)24(30)35-21-10-9-16(14-18(21)26)15-22(32)29-25-28-19-7-3-4-8-20(19)31(25)12-13-34-2/h3-11,14,24H,12-13,15H2,1-2H3,(H2,27,33)(H,28,29,32). The zero-order valence-corrected chi connectivity index (χ0v) is 19.4. The van der Waals surface area contributed by atoms with E-state index in [-0.39, 0.29) is 23.7 Å². The minimum absolute atomic E-state index is 0.0604. The van der Waals surface area contributed by atoms with Gasteiger partial charge >= 0.3 is 0 Å². The molecule has 1 unspecified atom stereocenters. The molecule has 35 heavy (non-hydrogen) atoms. The van der Waals surface area contributed by atoms with Crippen LogP contribution < -0.4 is 15.8 Å². The van der Waals surface area contributed by atoms with E-state index >= 15 is 0 Å². The fourth-order valence-corrected chi connectivity index (χ4v) is 3.82. The zero-order valence-electron chi connectivity index (χ0n) is 19.4. The first-order valence-corrected chi connectivity index (χ1v) is 11.0. The van der Waals surface area contributed by atoms with E-state index in [0.29, 0.717) is 24.7 Å². The van der Waals surface area contributed by atoms with Gasteiger partial charge in [-0.15, -0.1) is 0 Å². The number of carbonyl (C=O) groups is 2. The Morgan fingerprint density at radius 1 is 1.23 bits per heavy atom. The number of nitrogens with zero attached hydrogens (tertiary/aromatic N) is 3. The number of ether oxygens (including phenoxy) is 2. The lowest BCUT2D eigenvalue weighted by Crippen LogP contribution is -2.40. The quantitative estimate of drug-likeness (QED) is 0.488. The number of nitrogens with one attached hydrogen (secondary N) is 1. The maximum absolute atomic E-state index is 14.8. The van der Waals surface area contributed by atoms with Crippen LogP contribution >= 0.6 is 0 Å². The van der Waals surface area contributed by atoms with Gasteiger partial charge in [0.25, 0.3) is 0 Å². The van der Waals surface area contributed by atoms with E-state index in [9.17, 15) is 14.0 Å². The van der Waals surface area contributed by atoms with E-state index in [4.69, 9.17) is 15.2 Å². The first-order chi connectivity index (χ1) is 16.9. The van der Waals surface area contributed by atoms with Crippen LogP contribution in [0.15, 0.2) is 66.4 Å². The molecule has 1 aromatic heterocycles. The van der Waals surface area contributed by atoms with Crippen molar-refractivity contribution >= 4 is 28.8 Å². The van der Waals surface area contributed by atoms with Crippen LogP contribution in [0.1, 0.15) is 5.56 Å². The highest BCUT2D eigenvalue weighted by molar-refractivity contribution is 5.94. The van der Waals surface area contributed by atoms with Gasteiger partial charge in [0.05, 0.1) is 29.6 Å². The largest absolute Gasteiger partial charge is 0.463 e. The first kappa shape index (κ1) is 24.0. The lowest BCUT2D eigenvalue weighted by atomic mass is 10.1. The van der Waals surface area contributed by atoms with Crippen molar-refractivity contribution in [2.75, 3.05) is 26.1 Å². The second-order valence-electron chi connectivity index (χ2n) is 8.02. The molecule has 0 fully saturated rings. The second kappa shape index (κ2) is 10.4. The van der Waals surface area contributed by atoms with Crippen LogP contribution in [0, 0.1) is 5.82 Å². The summed E-state index contributed by atoms with van der Waals surface area (Å²) in [4.78, 5) is 30.6. The highest BCUT2D eigenvalue weighted by atomic mass is 19.1. The van der Waals surface area contributed by atoms with Gasteiger partial charge < -0.3 is 24.7 Å². The number of primary amides is 1. The highest BCUT2D eigenvalue weighted by Crippen LogP contribution is 2.25. The van der Waals surface area contributed by atoms with E-state index in [0.717, 1.165) is 11.0 Å². The zero-order chi connectivity index (χ0) is 24.9. The van der Waals surface area contributed by atoms with Gasteiger partial charge in [0.15, 0.2) is 11.6 Å². The van der Waals surface area contributed by atoms with E-state index in [1.807, 2.05) is 28.8 Å². The van der Waals surface area contributed by atoms with Crippen LogP contribution in [0.5, 0.6) is 5.75 Å². The third-order valence-corrected chi connectivity index (χ3v) is 5.54. The highest BCUT2D eigenvalue weighted by Gasteiger charge is 2.26. The molecule has 4 rings (SSSR count). The molecule has 2 amide bonds. The molecule has 2 heterocycles. The van der Waals surface area contributed by atoms with Gasteiger partial charge in [0.1, 0.15) is 0 Å². The molecule has 3 aromatic rings. The summed E-state index contributed by atoms with van der Waals surface area (Å²) in [7, 11) is 3.29. The van der Waals surface area contributed by atoms with Crippen LogP contribution in [0.3, 0.4) is 0 Å². The Morgan fingerprint density at radius 2 is 2.03 bits per heavy atom. The summed E-state index contributed by atoms with van der Waals surface area (Å²) < 4.78 is 27.6. The van der Waals surface area contributed by atoms with Gasteiger partial charge in [-0.1, -0.05) is 18.2 Å². The van der Waals surface area contributed by atoms with Gasteiger partial charge in [-0.3, -0.25) is 14.9 Å². The normalized spacial score (nSPS) is 15.2. The molecule has 1 atom stereocenters. The molecule has 0 saturated heterocycles. The maximum Gasteiger partial charge on any atom is 0.250 e. The maximum atomic E-state index is 14.8. The molecule has 0 saturated carbocycles. The molecule has 0 bridgehead atoms. The van der Waals surface area contributed by atoms with Crippen LogP contribution in [-0.2, 0) is 27.3 Å². The lowest BCUT2D eigenvalue weighted by molar-refractivity contribution is -0.116. The second-order valence-corrected chi connectivity index (χ2v) is 8.02. The SMILES string of the molecule is COCCn1c(NC(=O)Cc2ccc(OC3C(C(N)=O)=CC=CN3C)c(F)c2)nc2ccccc21. The monoisotopic (exact) mass is 479 g/mol. The third-order valence-electron chi connectivity index (χ3n) is 5.54. The number of amides is 2. The molecule has 10 heteroatoms. The number of para-hydroxylation sites is 2. The molecule has 0 aliphatic carbocycles.